The Morgan fingerprint density at radius 2 is 1.86 bits per heavy atom. The first-order valence-corrected chi connectivity index (χ1v) is 6.92. The van der Waals surface area contributed by atoms with Crippen LogP contribution in [0.4, 0.5) is 14.5 Å². The van der Waals surface area contributed by atoms with Crippen LogP contribution in [0.1, 0.15) is 12.5 Å². The van der Waals surface area contributed by atoms with Crippen LogP contribution in [0.3, 0.4) is 0 Å². The second-order valence-corrected chi connectivity index (χ2v) is 5.58. The van der Waals surface area contributed by atoms with Crippen LogP contribution in [0.25, 0.3) is 0 Å². The van der Waals surface area contributed by atoms with Crippen molar-refractivity contribution in [3.8, 4) is 0 Å². The zero-order valence-corrected chi connectivity index (χ0v) is 12.7. The molecule has 0 saturated heterocycles. The number of para-hydroxylation sites is 1. The summed E-state index contributed by atoms with van der Waals surface area (Å²) < 4.78 is 27.3. The quantitative estimate of drug-likeness (QED) is 0.882. The van der Waals surface area contributed by atoms with Crippen LogP contribution in [0.5, 0.6) is 0 Å². The van der Waals surface area contributed by atoms with E-state index in [-0.39, 0.29) is 10.2 Å². The van der Waals surface area contributed by atoms with Gasteiger partial charge in [0, 0.05) is 0 Å². The first-order valence-electron chi connectivity index (χ1n) is 6.13. The van der Waals surface area contributed by atoms with E-state index in [0.717, 1.165) is 0 Å². The van der Waals surface area contributed by atoms with Gasteiger partial charge in [-0.1, -0.05) is 18.2 Å². The largest absolute Gasteiger partial charge is 0.367 e. The Morgan fingerprint density at radius 1 is 1.19 bits per heavy atom. The molecule has 0 aromatic heterocycles. The highest BCUT2D eigenvalue weighted by Crippen LogP contribution is 2.30. The lowest BCUT2D eigenvalue weighted by atomic mass is 9.90. The summed E-state index contributed by atoms with van der Waals surface area (Å²) in [5, 5.41) is 2.79. The minimum atomic E-state index is -1.38. The standard InChI is InChI=1S/C15H13BrF2N2O/c1-15(14(19)21,9-6-7-11(17)10(16)8-9)20-13-5-3-2-4-12(13)18/h2-8,20H,1H3,(H2,19,21). The molecule has 2 rings (SSSR count). The molecule has 0 aliphatic heterocycles. The molecule has 0 radical (unpaired) electrons. The molecule has 2 aromatic carbocycles. The van der Waals surface area contributed by atoms with Gasteiger partial charge >= 0.3 is 0 Å². The van der Waals surface area contributed by atoms with Gasteiger partial charge < -0.3 is 11.1 Å². The molecular weight excluding hydrogens is 342 g/mol. The molecule has 1 unspecified atom stereocenters. The van der Waals surface area contributed by atoms with Crippen molar-refractivity contribution in [3.05, 3.63) is 64.1 Å². The van der Waals surface area contributed by atoms with Crippen LogP contribution in [0.15, 0.2) is 46.9 Å². The monoisotopic (exact) mass is 354 g/mol. The van der Waals surface area contributed by atoms with Crippen molar-refractivity contribution in [2.75, 3.05) is 5.32 Å². The Morgan fingerprint density at radius 3 is 2.43 bits per heavy atom. The van der Waals surface area contributed by atoms with Crippen LogP contribution in [0, 0.1) is 11.6 Å². The topological polar surface area (TPSA) is 55.1 Å². The number of carbonyl (C=O) groups is 1. The summed E-state index contributed by atoms with van der Waals surface area (Å²) in [5.74, 6) is -1.67. The molecule has 21 heavy (non-hydrogen) atoms. The van der Waals surface area contributed by atoms with E-state index >= 15 is 0 Å². The van der Waals surface area contributed by atoms with E-state index in [1.165, 1.54) is 43.3 Å². The first-order chi connectivity index (χ1) is 9.84. The second-order valence-electron chi connectivity index (χ2n) is 4.72. The number of primary amides is 1. The normalized spacial score (nSPS) is 13.5. The molecule has 0 fully saturated rings. The number of rotatable bonds is 4. The van der Waals surface area contributed by atoms with Crippen molar-refractivity contribution in [1.82, 2.24) is 0 Å². The van der Waals surface area contributed by atoms with Gasteiger partial charge in [-0.15, -0.1) is 0 Å². The molecule has 3 nitrogen and oxygen atoms in total. The molecule has 0 heterocycles. The van der Waals surface area contributed by atoms with E-state index in [4.69, 9.17) is 5.73 Å². The average molecular weight is 355 g/mol. The minimum absolute atomic E-state index is 0.138. The van der Waals surface area contributed by atoms with Crippen LogP contribution >= 0.6 is 15.9 Å². The summed E-state index contributed by atoms with van der Waals surface area (Å²) in [6.45, 7) is 1.52. The molecule has 1 atom stereocenters. The van der Waals surface area contributed by atoms with Crippen molar-refractivity contribution >= 4 is 27.5 Å². The van der Waals surface area contributed by atoms with E-state index in [0.29, 0.717) is 5.56 Å². The van der Waals surface area contributed by atoms with Crippen molar-refractivity contribution in [3.63, 3.8) is 0 Å². The Labute approximate surface area is 129 Å². The molecule has 0 aliphatic rings. The van der Waals surface area contributed by atoms with Gasteiger partial charge in [0.05, 0.1) is 10.2 Å². The Hall–Kier alpha value is -1.95. The fraction of sp³-hybridized carbons (Fsp3) is 0.133. The van der Waals surface area contributed by atoms with Gasteiger partial charge in [0.15, 0.2) is 0 Å². The van der Waals surface area contributed by atoms with Crippen LogP contribution < -0.4 is 11.1 Å². The van der Waals surface area contributed by atoms with Gasteiger partial charge in [-0.25, -0.2) is 8.78 Å². The molecule has 3 N–H and O–H groups in total. The number of carbonyl (C=O) groups excluding carboxylic acids is 1. The SMILES string of the molecule is CC(Nc1ccccc1F)(C(N)=O)c1ccc(F)c(Br)c1. The van der Waals surface area contributed by atoms with Gasteiger partial charge in [-0.3, -0.25) is 4.79 Å². The smallest absolute Gasteiger partial charge is 0.247 e. The number of amides is 1. The fourth-order valence-corrected chi connectivity index (χ4v) is 2.29. The Kier molecular flexibility index (Phi) is 4.27. The zero-order chi connectivity index (χ0) is 15.6. The lowest BCUT2D eigenvalue weighted by Crippen LogP contribution is -2.45. The van der Waals surface area contributed by atoms with Crippen molar-refractivity contribution < 1.29 is 13.6 Å². The maximum atomic E-state index is 13.8. The van der Waals surface area contributed by atoms with Gasteiger partial charge in [0.25, 0.3) is 0 Å². The van der Waals surface area contributed by atoms with E-state index < -0.39 is 23.1 Å². The van der Waals surface area contributed by atoms with Gasteiger partial charge in [-0.05, 0) is 52.7 Å². The molecule has 0 saturated carbocycles. The number of benzene rings is 2. The zero-order valence-electron chi connectivity index (χ0n) is 11.2. The molecule has 0 bridgehead atoms. The lowest BCUT2D eigenvalue weighted by molar-refractivity contribution is -0.122. The van der Waals surface area contributed by atoms with E-state index in [1.54, 1.807) is 6.07 Å². The van der Waals surface area contributed by atoms with Gasteiger partial charge in [0.1, 0.15) is 17.2 Å². The van der Waals surface area contributed by atoms with Crippen molar-refractivity contribution in [2.24, 2.45) is 5.73 Å². The van der Waals surface area contributed by atoms with Gasteiger partial charge in [0.2, 0.25) is 5.91 Å². The van der Waals surface area contributed by atoms with Crippen LogP contribution in [-0.4, -0.2) is 5.91 Å². The highest BCUT2D eigenvalue weighted by atomic mass is 79.9. The van der Waals surface area contributed by atoms with Crippen LogP contribution in [-0.2, 0) is 10.3 Å². The Bertz CT molecular complexity index is 693. The summed E-state index contributed by atoms with van der Waals surface area (Å²) >= 11 is 3.06. The predicted octanol–water partition coefficient (Wildman–Crippen LogP) is 3.54. The third-order valence-electron chi connectivity index (χ3n) is 3.25. The number of hydrogen-bond acceptors (Lipinski definition) is 2. The summed E-state index contributed by atoms with van der Waals surface area (Å²) in [4.78, 5) is 11.9. The minimum Gasteiger partial charge on any atom is -0.367 e. The highest BCUT2D eigenvalue weighted by molar-refractivity contribution is 9.10. The fourth-order valence-electron chi connectivity index (χ4n) is 1.92. The van der Waals surface area contributed by atoms with E-state index in [2.05, 4.69) is 21.2 Å². The number of nitrogens with one attached hydrogen (secondary N) is 1. The number of nitrogens with two attached hydrogens (primary N) is 1. The average Bonchev–Trinajstić information content (AvgIpc) is 2.44. The Balaban J connectivity index is 2.48. The molecule has 0 spiro atoms. The molecule has 110 valence electrons. The third kappa shape index (κ3) is 3.05. The molecule has 6 heteroatoms. The summed E-state index contributed by atoms with van der Waals surface area (Å²) in [7, 11) is 0. The van der Waals surface area contributed by atoms with Gasteiger partial charge in [-0.2, -0.15) is 0 Å². The lowest BCUT2D eigenvalue weighted by Gasteiger charge is -2.29. The first kappa shape index (κ1) is 15.4. The molecule has 1 amide bonds. The summed E-state index contributed by atoms with van der Waals surface area (Å²) in [6.07, 6.45) is 0. The highest BCUT2D eigenvalue weighted by Gasteiger charge is 2.34. The molecule has 0 aliphatic carbocycles. The van der Waals surface area contributed by atoms with Crippen molar-refractivity contribution in [2.45, 2.75) is 12.5 Å². The van der Waals surface area contributed by atoms with E-state index in [9.17, 15) is 13.6 Å². The van der Waals surface area contributed by atoms with Crippen molar-refractivity contribution in [1.29, 1.82) is 0 Å². The maximum absolute atomic E-state index is 13.8. The maximum Gasteiger partial charge on any atom is 0.247 e. The van der Waals surface area contributed by atoms with E-state index in [1.807, 2.05) is 0 Å². The van der Waals surface area contributed by atoms with Crippen LogP contribution in [0.2, 0.25) is 0 Å². The summed E-state index contributed by atoms with van der Waals surface area (Å²) in [5.41, 5.74) is 4.64. The third-order valence-corrected chi connectivity index (χ3v) is 3.86. The molecule has 2 aromatic rings. The molecular formula is C15H13BrF2N2O. The predicted molar refractivity (Wildman–Crippen MR) is 80.7 cm³/mol. The number of hydrogen-bond donors (Lipinski definition) is 2. The second kappa shape index (κ2) is 5.81. The summed E-state index contributed by atoms with van der Waals surface area (Å²) in [6, 6.07) is 10.0. The number of halogens is 3. The number of anilines is 1.